The largest absolute Gasteiger partial charge is 0.493 e. The van der Waals surface area contributed by atoms with E-state index in [2.05, 4.69) is 5.32 Å². The normalized spacial score (nSPS) is 16.3. The van der Waals surface area contributed by atoms with Crippen LogP contribution in [-0.2, 0) is 21.4 Å². The van der Waals surface area contributed by atoms with Gasteiger partial charge < -0.3 is 14.8 Å². The number of sulfonamides is 1. The molecule has 1 N–H and O–H groups in total. The fourth-order valence-corrected chi connectivity index (χ4v) is 5.68. The van der Waals surface area contributed by atoms with Gasteiger partial charge >= 0.3 is 0 Å². The topological polar surface area (TPSA) is 88.2 Å². The molecule has 1 unspecified atom stereocenters. The third kappa shape index (κ3) is 5.66. The zero-order chi connectivity index (χ0) is 24.2. The van der Waals surface area contributed by atoms with E-state index < -0.39 is 10.0 Å². The predicted molar refractivity (Wildman–Crippen MR) is 127 cm³/mol. The van der Waals surface area contributed by atoms with Gasteiger partial charge in [-0.2, -0.15) is 4.31 Å². The second kappa shape index (κ2) is 10.5. The molecule has 0 aliphatic carbocycles. The summed E-state index contributed by atoms with van der Waals surface area (Å²) < 4.78 is 38.3. The first-order valence-corrected chi connectivity index (χ1v) is 12.4. The molecule has 2 aromatic carbocycles. The highest BCUT2D eigenvalue weighted by atomic mass is 32.2. The van der Waals surface area contributed by atoms with E-state index >= 15 is 0 Å². The molecule has 1 saturated heterocycles. The smallest absolute Gasteiger partial charge is 0.243 e. The summed E-state index contributed by atoms with van der Waals surface area (Å²) in [5.74, 6) is 1.14. The third-order valence-corrected chi connectivity index (χ3v) is 8.12. The highest BCUT2D eigenvalue weighted by molar-refractivity contribution is 7.89. The Kier molecular flexibility index (Phi) is 7.99. The van der Waals surface area contributed by atoms with E-state index in [4.69, 9.17) is 9.47 Å². The lowest BCUT2D eigenvalue weighted by Crippen LogP contribution is -2.54. The van der Waals surface area contributed by atoms with Crippen molar-refractivity contribution >= 4 is 15.9 Å². The standard InChI is InChI=1S/C24H33N3O5S/c1-17-6-9-23(18(2)14-17)33(29,30)27-12-10-26(11-13-27)19(3)24(28)25-16-20-7-8-21(31-4)22(15-20)32-5/h6-9,14-15,19H,10-13,16H2,1-5H3,(H,25,28). The molecule has 1 aliphatic heterocycles. The van der Waals surface area contributed by atoms with Crippen molar-refractivity contribution in [3.63, 3.8) is 0 Å². The van der Waals surface area contributed by atoms with Gasteiger partial charge in [-0.25, -0.2) is 8.42 Å². The lowest BCUT2D eigenvalue weighted by molar-refractivity contribution is -0.126. The summed E-state index contributed by atoms with van der Waals surface area (Å²) in [6, 6.07) is 10.5. The van der Waals surface area contributed by atoms with E-state index in [-0.39, 0.29) is 11.9 Å². The van der Waals surface area contributed by atoms with Crippen molar-refractivity contribution in [3.8, 4) is 11.5 Å². The van der Waals surface area contributed by atoms with Crippen molar-refractivity contribution in [2.75, 3.05) is 40.4 Å². The Labute approximate surface area is 196 Å². The number of methoxy groups -OCH3 is 2. The molecule has 2 aromatic rings. The van der Waals surface area contributed by atoms with Gasteiger partial charge in [0.15, 0.2) is 11.5 Å². The summed E-state index contributed by atoms with van der Waals surface area (Å²) in [4.78, 5) is 15.1. The van der Waals surface area contributed by atoms with E-state index in [1.807, 2.05) is 49.9 Å². The SMILES string of the molecule is COc1ccc(CNC(=O)C(C)N2CCN(S(=O)(=O)c3ccc(C)cc3C)CC2)cc1OC. The Morgan fingerprint density at radius 3 is 2.27 bits per heavy atom. The van der Waals surface area contributed by atoms with Crippen molar-refractivity contribution in [2.45, 2.75) is 38.3 Å². The van der Waals surface area contributed by atoms with Crippen LogP contribution in [0.1, 0.15) is 23.6 Å². The summed E-state index contributed by atoms with van der Waals surface area (Å²) in [5.41, 5.74) is 2.68. The summed E-state index contributed by atoms with van der Waals surface area (Å²) in [6.07, 6.45) is 0. The molecule has 1 aliphatic rings. The van der Waals surface area contributed by atoms with E-state index in [0.717, 1.165) is 16.7 Å². The number of hydrogen-bond donors (Lipinski definition) is 1. The summed E-state index contributed by atoms with van der Waals surface area (Å²) in [5, 5.41) is 2.96. The number of benzene rings is 2. The molecular weight excluding hydrogens is 442 g/mol. The molecule has 33 heavy (non-hydrogen) atoms. The summed E-state index contributed by atoms with van der Waals surface area (Å²) >= 11 is 0. The maximum absolute atomic E-state index is 13.1. The predicted octanol–water partition coefficient (Wildman–Crippen LogP) is 2.33. The van der Waals surface area contributed by atoms with Gasteiger partial charge in [0.25, 0.3) is 0 Å². The van der Waals surface area contributed by atoms with Gasteiger partial charge in [0.1, 0.15) is 0 Å². The number of carbonyl (C=O) groups is 1. The van der Waals surface area contributed by atoms with Crippen molar-refractivity contribution in [1.82, 2.24) is 14.5 Å². The monoisotopic (exact) mass is 475 g/mol. The van der Waals surface area contributed by atoms with Crippen LogP contribution < -0.4 is 14.8 Å². The minimum atomic E-state index is -3.55. The lowest BCUT2D eigenvalue weighted by Gasteiger charge is -2.37. The second-order valence-corrected chi connectivity index (χ2v) is 10.2. The second-order valence-electron chi connectivity index (χ2n) is 8.29. The summed E-state index contributed by atoms with van der Waals surface area (Å²) in [7, 11) is -0.405. The van der Waals surface area contributed by atoms with E-state index in [0.29, 0.717) is 49.1 Å². The molecule has 8 nitrogen and oxygen atoms in total. The molecule has 9 heteroatoms. The molecule has 0 bridgehead atoms. The molecule has 0 saturated carbocycles. The average molecular weight is 476 g/mol. The van der Waals surface area contributed by atoms with Gasteiger partial charge in [-0.15, -0.1) is 0 Å². The van der Waals surface area contributed by atoms with Crippen LogP contribution >= 0.6 is 0 Å². The number of nitrogens with zero attached hydrogens (tertiary/aromatic N) is 2. The number of amides is 1. The van der Waals surface area contributed by atoms with Gasteiger partial charge in [-0.3, -0.25) is 9.69 Å². The fraction of sp³-hybridized carbons (Fsp3) is 0.458. The Bertz CT molecular complexity index is 1100. The van der Waals surface area contributed by atoms with Crippen LogP contribution in [0, 0.1) is 13.8 Å². The molecule has 1 atom stereocenters. The maximum atomic E-state index is 13.1. The van der Waals surface area contributed by atoms with Crippen LogP contribution in [0.4, 0.5) is 0 Å². The van der Waals surface area contributed by atoms with E-state index in [1.54, 1.807) is 26.4 Å². The van der Waals surface area contributed by atoms with Crippen LogP contribution in [0.25, 0.3) is 0 Å². The van der Waals surface area contributed by atoms with Gasteiger partial charge in [0.05, 0.1) is 25.2 Å². The Morgan fingerprint density at radius 2 is 1.67 bits per heavy atom. The minimum Gasteiger partial charge on any atom is -0.493 e. The van der Waals surface area contributed by atoms with E-state index in [1.165, 1.54) is 4.31 Å². The number of piperazine rings is 1. The molecule has 180 valence electrons. The van der Waals surface area contributed by atoms with Gasteiger partial charge in [0.2, 0.25) is 15.9 Å². The minimum absolute atomic E-state index is 0.101. The van der Waals surface area contributed by atoms with Crippen molar-refractivity contribution < 1.29 is 22.7 Å². The molecule has 0 spiro atoms. The molecule has 0 aromatic heterocycles. The maximum Gasteiger partial charge on any atom is 0.243 e. The Hall–Kier alpha value is -2.62. The highest BCUT2D eigenvalue weighted by Gasteiger charge is 2.32. The average Bonchev–Trinajstić information content (AvgIpc) is 2.81. The quantitative estimate of drug-likeness (QED) is 0.631. The lowest BCUT2D eigenvalue weighted by atomic mass is 10.2. The molecule has 1 heterocycles. The van der Waals surface area contributed by atoms with Crippen molar-refractivity contribution in [1.29, 1.82) is 0 Å². The van der Waals surface area contributed by atoms with Crippen LogP contribution in [-0.4, -0.2) is 70.0 Å². The number of carbonyl (C=O) groups excluding carboxylic acids is 1. The summed E-state index contributed by atoms with van der Waals surface area (Å²) in [6.45, 7) is 7.67. The third-order valence-electron chi connectivity index (χ3n) is 6.06. The fourth-order valence-electron chi connectivity index (χ4n) is 4.05. The van der Waals surface area contributed by atoms with Crippen molar-refractivity contribution in [3.05, 3.63) is 53.1 Å². The van der Waals surface area contributed by atoms with Crippen molar-refractivity contribution in [2.24, 2.45) is 0 Å². The number of nitrogens with one attached hydrogen (secondary N) is 1. The Morgan fingerprint density at radius 1 is 1.00 bits per heavy atom. The molecule has 1 amide bonds. The van der Waals surface area contributed by atoms with Crippen LogP contribution in [0.15, 0.2) is 41.3 Å². The first kappa shape index (κ1) is 25.0. The number of ether oxygens (including phenoxy) is 2. The molecule has 3 rings (SSSR count). The Balaban J connectivity index is 1.56. The molecular formula is C24H33N3O5S. The highest BCUT2D eigenvalue weighted by Crippen LogP contribution is 2.27. The van der Waals surface area contributed by atoms with Gasteiger partial charge in [0, 0.05) is 32.7 Å². The zero-order valence-electron chi connectivity index (χ0n) is 19.9. The number of aryl methyl sites for hydroxylation is 2. The first-order chi connectivity index (χ1) is 15.7. The van der Waals surface area contributed by atoms with Crippen LogP contribution in [0.3, 0.4) is 0 Å². The number of hydrogen-bond acceptors (Lipinski definition) is 6. The first-order valence-electron chi connectivity index (χ1n) is 11.0. The molecule has 1 fully saturated rings. The van der Waals surface area contributed by atoms with E-state index in [9.17, 15) is 13.2 Å². The number of rotatable bonds is 8. The zero-order valence-corrected chi connectivity index (χ0v) is 20.7. The van der Waals surface area contributed by atoms with Crippen LogP contribution in [0.5, 0.6) is 11.5 Å². The van der Waals surface area contributed by atoms with Gasteiger partial charge in [-0.1, -0.05) is 23.8 Å². The van der Waals surface area contributed by atoms with Gasteiger partial charge in [-0.05, 0) is 50.1 Å². The van der Waals surface area contributed by atoms with Crippen LogP contribution in [0.2, 0.25) is 0 Å². The molecule has 0 radical (unpaired) electrons.